The van der Waals surface area contributed by atoms with Crippen LogP contribution in [-0.2, 0) is 0 Å². The molecule has 0 radical (unpaired) electrons. The van der Waals surface area contributed by atoms with E-state index in [-0.39, 0.29) is 5.56 Å². The van der Waals surface area contributed by atoms with Crippen LogP contribution in [0.15, 0.2) is 78.4 Å². The zero-order chi connectivity index (χ0) is 19.3. The minimum atomic E-state index is -0.548. The highest BCUT2D eigenvalue weighted by atomic mass is 32.1. The molecule has 0 aliphatic heterocycles. The van der Waals surface area contributed by atoms with Crippen molar-refractivity contribution in [2.45, 2.75) is 0 Å². The second-order valence-electron chi connectivity index (χ2n) is 5.92. The molecule has 2 aromatic heterocycles. The van der Waals surface area contributed by atoms with Gasteiger partial charge in [-0.1, -0.05) is 24.3 Å². The molecule has 5 nitrogen and oxygen atoms in total. The van der Waals surface area contributed by atoms with Crippen LogP contribution in [0.5, 0.6) is 0 Å². The normalized spacial score (nSPS) is 10.5. The van der Waals surface area contributed by atoms with Crippen molar-refractivity contribution >= 4 is 33.8 Å². The van der Waals surface area contributed by atoms with E-state index in [0.29, 0.717) is 5.69 Å². The highest BCUT2D eigenvalue weighted by Gasteiger charge is 2.11. The van der Waals surface area contributed by atoms with Gasteiger partial charge in [-0.2, -0.15) is 0 Å². The monoisotopic (exact) mass is 390 g/mol. The van der Waals surface area contributed by atoms with Crippen LogP contribution in [0.1, 0.15) is 10.4 Å². The molecule has 28 heavy (non-hydrogen) atoms. The van der Waals surface area contributed by atoms with E-state index in [0.717, 1.165) is 22.1 Å². The van der Waals surface area contributed by atoms with Crippen LogP contribution in [0.3, 0.4) is 0 Å². The zero-order valence-corrected chi connectivity index (χ0v) is 15.4. The third-order valence-corrected chi connectivity index (χ3v) is 4.73. The number of nitrogens with one attached hydrogen (secondary N) is 2. The SMILES string of the molecule is O=C(Nc1ccc(-c2csc(Nc3cccnc3)n2)cc1)c1ccccc1F. The molecule has 7 heteroatoms. The molecular weight excluding hydrogens is 375 g/mol. The second kappa shape index (κ2) is 7.98. The number of halogens is 1. The van der Waals surface area contributed by atoms with Gasteiger partial charge in [0.05, 0.1) is 23.1 Å². The van der Waals surface area contributed by atoms with Gasteiger partial charge in [0, 0.05) is 22.8 Å². The molecular formula is C21H15FN4OS. The Morgan fingerprint density at radius 1 is 0.964 bits per heavy atom. The van der Waals surface area contributed by atoms with Gasteiger partial charge in [-0.25, -0.2) is 9.37 Å². The van der Waals surface area contributed by atoms with Crippen molar-refractivity contribution in [1.29, 1.82) is 0 Å². The Hall–Kier alpha value is -3.58. The van der Waals surface area contributed by atoms with E-state index < -0.39 is 11.7 Å². The van der Waals surface area contributed by atoms with Crippen LogP contribution in [0.4, 0.5) is 20.9 Å². The van der Waals surface area contributed by atoms with Gasteiger partial charge >= 0.3 is 0 Å². The summed E-state index contributed by atoms with van der Waals surface area (Å²) in [5.74, 6) is -1.03. The lowest BCUT2D eigenvalue weighted by atomic mass is 10.1. The average Bonchev–Trinajstić information content (AvgIpc) is 3.18. The fraction of sp³-hybridized carbons (Fsp3) is 0. The largest absolute Gasteiger partial charge is 0.330 e. The molecule has 0 saturated carbocycles. The summed E-state index contributed by atoms with van der Waals surface area (Å²) < 4.78 is 13.7. The summed E-state index contributed by atoms with van der Waals surface area (Å²) in [6, 6.07) is 16.9. The molecule has 138 valence electrons. The molecule has 0 unspecified atom stereocenters. The second-order valence-corrected chi connectivity index (χ2v) is 6.77. The summed E-state index contributed by atoms with van der Waals surface area (Å²) in [6.07, 6.45) is 3.44. The standard InChI is InChI=1S/C21H15FN4OS/c22-18-6-2-1-5-17(18)20(27)24-15-9-7-14(8-10-15)19-13-28-21(26-19)25-16-4-3-11-23-12-16/h1-13H,(H,24,27)(H,25,26). The van der Waals surface area contributed by atoms with Gasteiger partial charge in [0.25, 0.3) is 5.91 Å². The molecule has 2 aromatic carbocycles. The van der Waals surface area contributed by atoms with Gasteiger partial charge in [0.15, 0.2) is 5.13 Å². The number of aromatic nitrogens is 2. The number of pyridine rings is 1. The number of amides is 1. The minimum absolute atomic E-state index is 0.0113. The van der Waals surface area contributed by atoms with Crippen LogP contribution in [0.25, 0.3) is 11.3 Å². The number of nitrogens with zero attached hydrogens (tertiary/aromatic N) is 2. The van der Waals surface area contributed by atoms with Gasteiger partial charge in [-0.05, 0) is 36.4 Å². The van der Waals surface area contributed by atoms with Crippen molar-refractivity contribution in [3.05, 3.63) is 89.8 Å². The highest BCUT2D eigenvalue weighted by Crippen LogP contribution is 2.27. The zero-order valence-electron chi connectivity index (χ0n) is 14.6. The Kier molecular flexibility index (Phi) is 5.07. The van der Waals surface area contributed by atoms with E-state index in [9.17, 15) is 9.18 Å². The van der Waals surface area contributed by atoms with Crippen LogP contribution < -0.4 is 10.6 Å². The molecule has 0 bridgehead atoms. The molecule has 4 aromatic rings. The molecule has 0 atom stereocenters. The summed E-state index contributed by atoms with van der Waals surface area (Å²) >= 11 is 1.49. The lowest BCUT2D eigenvalue weighted by Crippen LogP contribution is -2.13. The van der Waals surface area contributed by atoms with Crippen molar-refractivity contribution in [2.24, 2.45) is 0 Å². The first kappa shape index (κ1) is 17.8. The van der Waals surface area contributed by atoms with Gasteiger partial charge in [0.2, 0.25) is 0 Å². The lowest BCUT2D eigenvalue weighted by Gasteiger charge is -2.06. The van der Waals surface area contributed by atoms with Crippen molar-refractivity contribution in [3.63, 3.8) is 0 Å². The first-order chi connectivity index (χ1) is 13.7. The Labute approximate surface area is 164 Å². The molecule has 0 aliphatic rings. The highest BCUT2D eigenvalue weighted by molar-refractivity contribution is 7.14. The van der Waals surface area contributed by atoms with E-state index in [1.165, 1.54) is 23.5 Å². The van der Waals surface area contributed by atoms with E-state index in [1.807, 2.05) is 29.6 Å². The van der Waals surface area contributed by atoms with Gasteiger partial charge < -0.3 is 10.6 Å². The Bertz CT molecular complexity index is 1100. The third kappa shape index (κ3) is 4.05. The number of thiazole rings is 1. The van der Waals surface area contributed by atoms with Crippen LogP contribution >= 0.6 is 11.3 Å². The maximum absolute atomic E-state index is 13.7. The van der Waals surface area contributed by atoms with Crippen molar-refractivity contribution in [3.8, 4) is 11.3 Å². The number of benzene rings is 2. The summed E-state index contributed by atoms with van der Waals surface area (Å²) in [6.45, 7) is 0. The predicted octanol–water partition coefficient (Wildman–Crippen LogP) is 5.34. The van der Waals surface area contributed by atoms with Gasteiger partial charge in [-0.3, -0.25) is 9.78 Å². The molecule has 4 rings (SSSR count). The van der Waals surface area contributed by atoms with E-state index in [4.69, 9.17) is 0 Å². The van der Waals surface area contributed by atoms with Crippen LogP contribution in [0, 0.1) is 5.82 Å². The van der Waals surface area contributed by atoms with Crippen molar-refractivity contribution in [2.75, 3.05) is 10.6 Å². The summed E-state index contributed by atoms with van der Waals surface area (Å²) in [7, 11) is 0. The molecule has 1 amide bonds. The number of rotatable bonds is 5. The quantitative estimate of drug-likeness (QED) is 0.483. The summed E-state index contributed by atoms with van der Waals surface area (Å²) in [5.41, 5.74) is 3.20. The molecule has 0 spiro atoms. The fourth-order valence-corrected chi connectivity index (χ4v) is 3.33. The number of carbonyl (C=O) groups excluding carboxylic acids is 1. The Morgan fingerprint density at radius 2 is 1.79 bits per heavy atom. The van der Waals surface area contributed by atoms with E-state index in [2.05, 4.69) is 20.6 Å². The van der Waals surface area contributed by atoms with Crippen molar-refractivity contribution < 1.29 is 9.18 Å². The third-order valence-electron chi connectivity index (χ3n) is 3.97. The fourth-order valence-electron chi connectivity index (χ4n) is 2.59. The number of anilines is 3. The Balaban J connectivity index is 1.45. The molecule has 0 fully saturated rings. The number of carbonyl (C=O) groups is 1. The van der Waals surface area contributed by atoms with Crippen molar-refractivity contribution in [1.82, 2.24) is 9.97 Å². The first-order valence-corrected chi connectivity index (χ1v) is 9.36. The van der Waals surface area contributed by atoms with E-state index in [1.54, 1.807) is 36.7 Å². The first-order valence-electron chi connectivity index (χ1n) is 8.48. The minimum Gasteiger partial charge on any atom is -0.330 e. The maximum Gasteiger partial charge on any atom is 0.258 e. The Morgan fingerprint density at radius 3 is 2.54 bits per heavy atom. The topological polar surface area (TPSA) is 66.9 Å². The molecule has 2 heterocycles. The van der Waals surface area contributed by atoms with Gasteiger partial charge in [-0.15, -0.1) is 11.3 Å². The predicted molar refractivity (Wildman–Crippen MR) is 109 cm³/mol. The maximum atomic E-state index is 13.7. The summed E-state index contributed by atoms with van der Waals surface area (Å²) in [5, 5.41) is 8.62. The van der Waals surface area contributed by atoms with Crippen LogP contribution in [0.2, 0.25) is 0 Å². The lowest BCUT2D eigenvalue weighted by molar-refractivity contribution is 0.102. The smallest absolute Gasteiger partial charge is 0.258 e. The van der Waals surface area contributed by atoms with Gasteiger partial charge in [0.1, 0.15) is 5.82 Å². The summed E-state index contributed by atoms with van der Waals surface area (Å²) in [4.78, 5) is 20.8. The molecule has 2 N–H and O–H groups in total. The molecule has 0 aliphatic carbocycles. The molecule has 0 saturated heterocycles. The average molecular weight is 390 g/mol. The number of hydrogen-bond acceptors (Lipinski definition) is 5. The van der Waals surface area contributed by atoms with E-state index >= 15 is 0 Å². The number of hydrogen-bond donors (Lipinski definition) is 2. The van der Waals surface area contributed by atoms with Crippen LogP contribution in [-0.4, -0.2) is 15.9 Å².